The van der Waals surface area contributed by atoms with Crippen molar-refractivity contribution in [1.29, 1.82) is 0 Å². The quantitative estimate of drug-likeness (QED) is 0.336. The summed E-state index contributed by atoms with van der Waals surface area (Å²) in [6, 6.07) is 12.3. The second-order valence-electron chi connectivity index (χ2n) is 11.3. The van der Waals surface area contributed by atoms with E-state index in [1.807, 2.05) is 30.1 Å². The van der Waals surface area contributed by atoms with Crippen LogP contribution in [0.25, 0.3) is 10.8 Å². The molecule has 2 aromatic carbocycles. The van der Waals surface area contributed by atoms with Crippen LogP contribution >= 0.6 is 11.6 Å². The van der Waals surface area contributed by atoms with E-state index in [1.54, 1.807) is 0 Å². The lowest BCUT2D eigenvalue weighted by molar-refractivity contribution is -0.142. The zero-order valence-corrected chi connectivity index (χ0v) is 25.0. The van der Waals surface area contributed by atoms with Gasteiger partial charge in [0.1, 0.15) is 19.1 Å². The average molecular weight is 613 g/mol. The van der Waals surface area contributed by atoms with Crippen molar-refractivity contribution in [3.05, 3.63) is 65.1 Å². The van der Waals surface area contributed by atoms with Gasteiger partial charge in [0.15, 0.2) is 5.83 Å². The Balaban J connectivity index is 1.26. The summed E-state index contributed by atoms with van der Waals surface area (Å²) in [6.45, 7) is 7.12. The minimum atomic E-state index is -0.954. The number of amides is 1. The molecular weight excluding hydrogens is 578 g/mol. The maximum Gasteiger partial charge on any atom is 0.318 e. The minimum absolute atomic E-state index is 0.245. The second-order valence-corrected chi connectivity index (χ2v) is 11.8. The number of hydrogen-bond donors (Lipinski definition) is 0. The second kappa shape index (κ2) is 12.2. The number of fused-ring (bicyclic) bond motifs is 2. The van der Waals surface area contributed by atoms with Crippen LogP contribution in [0.15, 0.2) is 48.8 Å². The van der Waals surface area contributed by atoms with Crippen molar-refractivity contribution in [3.8, 4) is 6.01 Å². The number of benzene rings is 2. The fourth-order valence-electron chi connectivity index (χ4n) is 6.00. The van der Waals surface area contributed by atoms with E-state index in [-0.39, 0.29) is 12.6 Å². The molecule has 2 fully saturated rings. The molecule has 1 aromatic heterocycles. The number of piperazine rings is 1. The summed E-state index contributed by atoms with van der Waals surface area (Å²) in [5.74, 6) is -0.863. The lowest BCUT2D eigenvalue weighted by atomic mass is 9.97. The van der Waals surface area contributed by atoms with Gasteiger partial charge in [0, 0.05) is 55.9 Å². The van der Waals surface area contributed by atoms with Crippen molar-refractivity contribution < 1.29 is 23.0 Å². The maximum absolute atomic E-state index is 13.7. The van der Waals surface area contributed by atoms with Gasteiger partial charge in [0.2, 0.25) is 0 Å². The summed E-state index contributed by atoms with van der Waals surface area (Å²) < 4.78 is 38.5. The van der Waals surface area contributed by atoms with Gasteiger partial charge in [-0.1, -0.05) is 42.4 Å². The van der Waals surface area contributed by atoms with Crippen LogP contribution in [-0.4, -0.2) is 104 Å². The molecule has 0 radical (unpaired) electrons. The fourth-order valence-corrected chi connectivity index (χ4v) is 6.28. The van der Waals surface area contributed by atoms with Crippen molar-refractivity contribution in [2.45, 2.75) is 18.5 Å². The number of hydrogen-bond acceptors (Lipinski definition) is 8. The van der Waals surface area contributed by atoms with Crippen molar-refractivity contribution in [1.82, 2.24) is 19.8 Å². The lowest BCUT2D eigenvalue weighted by Crippen LogP contribution is -2.63. The Bertz CT molecular complexity index is 1520. The summed E-state index contributed by atoms with van der Waals surface area (Å²) in [7, 11) is 1.87. The molecule has 1 amide bonds. The Labute approximate surface area is 254 Å². The number of halogens is 3. The molecule has 0 bridgehead atoms. The third-order valence-corrected chi connectivity index (χ3v) is 9.07. The van der Waals surface area contributed by atoms with Gasteiger partial charge in [0.25, 0.3) is 5.91 Å². The first-order chi connectivity index (χ1) is 20.8. The number of ether oxygens (including phenoxy) is 2. The molecule has 12 heteroatoms. The van der Waals surface area contributed by atoms with Crippen LogP contribution in [0.1, 0.15) is 11.3 Å². The Morgan fingerprint density at radius 2 is 1.86 bits per heavy atom. The predicted molar refractivity (Wildman–Crippen MR) is 162 cm³/mol. The highest BCUT2D eigenvalue weighted by molar-refractivity contribution is 6.36. The monoisotopic (exact) mass is 612 g/mol. The standard InChI is InChI=1S/C31H35ClF2N6O3/c1-21(34)29(41)39-13-11-38(12-14-39)28-23-9-10-40(26-8-4-6-22-5-3-7-24(32)27(22)26)17-25(23)35-30(36-28)43-16-15-37(2)31(18-33)19-42-20-31/h3-8H,1,9-20H2,2H3. The summed E-state index contributed by atoms with van der Waals surface area (Å²) >= 11 is 6.66. The lowest BCUT2D eigenvalue weighted by Gasteiger charge is -2.46. The fraction of sp³-hybridized carbons (Fsp3) is 0.452. The number of alkyl halides is 1. The largest absolute Gasteiger partial charge is 0.462 e. The highest BCUT2D eigenvalue weighted by Crippen LogP contribution is 2.37. The summed E-state index contributed by atoms with van der Waals surface area (Å²) in [5.41, 5.74) is 2.32. The Hall–Kier alpha value is -3.54. The third-order valence-electron chi connectivity index (χ3n) is 8.75. The number of rotatable bonds is 9. The van der Waals surface area contributed by atoms with E-state index in [0.717, 1.165) is 40.1 Å². The highest BCUT2D eigenvalue weighted by atomic mass is 35.5. The van der Waals surface area contributed by atoms with E-state index in [0.29, 0.717) is 63.9 Å². The highest BCUT2D eigenvalue weighted by Gasteiger charge is 2.42. The van der Waals surface area contributed by atoms with Gasteiger partial charge >= 0.3 is 6.01 Å². The summed E-state index contributed by atoms with van der Waals surface area (Å²) in [4.78, 5) is 29.6. The minimum Gasteiger partial charge on any atom is -0.462 e. The van der Waals surface area contributed by atoms with Crippen molar-refractivity contribution in [2.24, 2.45) is 0 Å². The number of aromatic nitrogens is 2. The van der Waals surface area contributed by atoms with Crippen molar-refractivity contribution in [2.75, 3.05) is 82.6 Å². The van der Waals surface area contributed by atoms with E-state index in [2.05, 4.69) is 34.6 Å². The summed E-state index contributed by atoms with van der Waals surface area (Å²) in [6.07, 6.45) is 0.702. The first kappa shape index (κ1) is 29.5. The number of likely N-dealkylation sites (N-methyl/N-ethyl adjacent to an activating group) is 1. The number of anilines is 2. The molecule has 0 spiro atoms. The van der Waals surface area contributed by atoms with E-state index >= 15 is 0 Å². The van der Waals surface area contributed by atoms with Crippen LogP contribution in [0.5, 0.6) is 6.01 Å². The summed E-state index contributed by atoms with van der Waals surface area (Å²) in [5, 5.41) is 2.77. The van der Waals surface area contributed by atoms with Gasteiger partial charge < -0.3 is 24.2 Å². The molecule has 9 nitrogen and oxygen atoms in total. The van der Waals surface area contributed by atoms with Crippen LogP contribution in [0.2, 0.25) is 5.02 Å². The van der Waals surface area contributed by atoms with Gasteiger partial charge in [0.05, 0.1) is 36.0 Å². The third kappa shape index (κ3) is 5.73. The molecule has 6 rings (SSSR count). The van der Waals surface area contributed by atoms with Crippen molar-refractivity contribution >= 4 is 39.8 Å². The molecule has 3 aromatic rings. The molecule has 4 heterocycles. The van der Waals surface area contributed by atoms with Crippen molar-refractivity contribution in [3.63, 3.8) is 0 Å². The number of carbonyl (C=O) groups excluding carboxylic acids is 1. The Morgan fingerprint density at radius 3 is 2.53 bits per heavy atom. The van der Waals surface area contributed by atoms with Crippen LogP contribution in [0, 0.1) is 0 Å². The van der Waals surface area contributed by atoms with Crippen LogP contribution in [0.3, 0.4) is 0 Å². The first-order valence-electron chi connectivity index (χ1n) is 14.5. The van der Waals surface area contributed by atoms with Gasteiger partial charge in [-0.25, -0.2) is 8.78 Å². The van der Waals surface area contributed by atoms with Gasteiger partial charge in [-0.15, -0.1) is 0 Å². The van der Waals surface area contributed by atoms with E-state index in [4.69, 9.17) is 31.0 Å². The molecule has 0 N–H and O–H groups in total. The Kier molecular flexibility index (Phi) is 8.39. The molecule has 0 aliphatic carbocycles. The van der Waals surface area contributed by atoms with Crippen LogP contribution in [0.4, 0.5) is 20.3 Å². The smallest absolute Gasteiger partial charge is 0.318 e. The molecule has 2 saturated heterocycles. The average Bonchev–Trinajstić information content (AvgIpc) is 2.99. The Morgan fingerprint density at radius 1 is 1.12 bits per heavy atom. The number of nitrogens with zero attached hydrogens (tertiary/aromatic N) is 6. The van der Waals surface area contributed by atoms with E-state index in [9.17, 15) is 13.6 Å². The van der Waals surface area contributed by atoms with Crippen LogP contribution in [-0.2, 0) is 22.5 Å². The SMILES string of the molecule is C=C(F)C(=O)N1CCN(c2nc(OCCN(C)C3(CF)COC3)nc3c2CCN(c2cccc4cccc(Cl)c24)C3)CC1. The first-order valence-corrected chi connectivity index (χ1v) is 14.9. The molecular formula is C31H35ClF2N6O3. The zero-order chi connectivity index (χ0) is 30.1. The molecule has 0 atom stereocenters. The van der Waals surface area contributed by atoms with E-state index < -0.39 is 23.9 Å². The molecule has 3 aliphatic rings. The predicted octanol–water partition coefficient (Wildman–Crippen LogP) is 4.03. The topological polar surface area (TPSA) is 74.3 Å². The molecule has 3 aliphatic heterocycles. The normalized spacial score (nSPS) is 18.0. The van der Waals surface area contributed by atoms with Gasteiger partial charge in [-0.3, -0.25) is 9.69 Å². The van der Waals surface area contributed by atoms with Crippen LogP contribution < -0.4 is 14.5 Å². The number of carbonyl (C=O) groups is 1. The molecule has 0 unspecified atom stereocenters. The zero-order valence-electron chi connectivity index (χ0n) is 24.2. The van der Waals surface area contributed by atoms with E-state index in [1.165, 1.54) is 4.90 Å². The molecule has 43 heavy (non-hydrogen) atoms. The molecule has 228 valence electrons. The maximum atomic E-state index is 13.7. The van der Waals surface area contributed by atoms with Gasteiger partial charge in [-0.05, 0) is 31.0 Å². The molecule has 0 saturated carbocycles. The van der Waals surface area contributed by atoms with Gasteiger partial charge in [-0.2, -0.15) is 9.97 Å².